The second-order valence-electron chi connectivity index (χ2n) is 10.3. The monoisotopic (exact) mass is 430 g/mol. The molecule has 0 radical (unpaired) electrons. The van der Waals surface area contributed by atoms with Gasteiger partial charge in [0.25, 0.3) is 0 Å². The van der Waals surface area contributed by atoms with Crippen LogP contribution in [0.4, 0.5) is 0 Å². The molecule has 0 unspecified atom stereocenters. The summed E-state index contributed by atoms with van der Waals surface area (Å²) in [5, 5.41) is 0. The minimum Gasteiger partial charge on any atom is -0.414 e. The Morgan fingerprint density at radius 1 is 0.714 bits per heavy atom. The van der Waals surface area contributed by atoms with E-state index in [0.717, 1.165) is 19.6 Å². The van der Waals surface area contributed by atoms with Gasteiger partial charge in [-0.25, -0.2) is 0 Å². The van der Waals surface area contributed by atoms with Crippen LogP contribution in [0.25, 0.3) is 0 Å². The summed E-state index contributed by atoms with van der Waals surface area (Å²) in [6, 6.07) is 0. The minimum atomic E-state index is -2.55. The molecule has 7 heteroatoms. The molecule has 28 heavy (non-hydrogen) atoms. The molecule has 3 rings (SSSR count). The largest absolute Gasteiger partial charge is 0.414 e. The first-order valence-electron chi connectivity index (χ1n) is 11.3. The molecule has 3 fully saturated rings. The van der Waals surface area contributed by atoms with Crippen molar-refractivity contribution in [2.24, 2.45) is 11.8 Å². The van der Waals surface area contributed by atoms with Crippen LogP contribution in [-0.4, -0.2) is 48.8 Å². The number of fused-ring (bicyclic) bond motifs is 3. The standard InChI is InChI=1S/C21H42O5Si2/c1-13(2)27(14(3)4)23-12-19-10-18-11-22-17(9)24-20(18)21(19)25-28(26-27,15(5)6)16(7)8/h13-21H,10-12H2,1-9H3/t17-,18-,19+,20-,21+/m0/s1. The van der Waals surface area contributed by atoms with Gasteiger partial charge in [-0.15, -0.1) is 0 Å². The van der Waals surface area contributed by atoms with Gasteiger partial charge in [0, 0.05) is 18.4 Å². The molecule has 164 valence electrons. The predicted octanol–water partition coefficient (Wildman–Crippen LogP) is 5.34. The van der Waals surface area contributed by atoms with Crippen LogP contribution in [0.2, 0.25) is 22.2 Å². The fraction of sp³-hybridized carbons (Fsp3) is 1.00. The maximum Gasteiger partial charge on any atom is 0.335 e. The smallest absolute Gasteiger partial charge is 0.335 e. The molecule has 0 aromatic carbocycles. The van der Waals surface area contributed by atoms with Crippen LogP contribution in [0.3, 0.4) is 0 Å². The zero-order chi connectivity index (χ0) is 20.9. The van der Waals surface area contributed by atoms with Gasteiger partial charge in [0.05, 0.1) is 18.8 Å². The number of rotatable bonds is 4. The van der Waals surface area contributed by atoms with Gasteiger partial charge >= 0.3 is 17.1 Å². The molecule has 0 spiro atoms. The first-order chi connectivity index (χ1) is 13.0. The van der Waals surface area contributed by atoms with E-state index in [4.69, 9.17) is 22.4 Å². The highest BCUT2D eigenvalue weighted by Crippen LogP contribution is 2.50. The van der Waals surface area contributed by atoms with Crippen LogP contribution >= 0.6 is 0 Å². The molecule has 2 saturated heterocycles. The van der Waals surface area contributed by atoms with Crippen molar-refractivity contribution in [2.75, 3.05) is 13.2 Å². The topological polar surface area (TPSA) is 46.2 Å². The third-order valence-electron chi connectivity index (χ3n) is 7.13. The van der Waals surface area contributed by atoms with Crippen LogP contribution in [0.1, 0.15) is 68.7 Å². The first kappa shape index (κ1) is 22.9. The second kappa shape index (κ2) is 8.40. The Morgan fingerprint density at radius 2 is 1.25 bits per heavy atom. The molecule has 3 aliphatic rings. The van der Waals surface area contributed by atoms with E-state index in [1.54, 1.807) is 0 Å². The van der Waals surface area contributed by atoms with Crippen molar-refractivity contribution in [3.05, 3.63) is 0 Å². The molecule has 0 N–H and O–H groups in total. The fourth-order valence-corrected chi connectivity index (χ4v) is 16.9. The van der Waals surface area contributed by atoms with Gasteiger partial charge in [0.2, 0.25) is 0 Å². The summed E-state index contributed by atoms with van der Waals surface area (Å²) in [6.45, 7) is 21.7. The van der Waals surface area contributed by atoms with Crippen LogP contribution in [0.15, 0.2) is 0 Å². The zero-order valence-electron chi connectivity index (χ0n) is 19.4. The molecule has 5 nitrogen and oxygen atoms in total. The normalized spacial score (nSPS) is 37.8. The first-order valence-corrected chi connectivity index (χ1v) is 15.3. The molecule has 2 heterocycles. The molecule has 0 aromatic heterocycles. The molecule has 0 bridgehead atoms. The van der Waals surface area contributed by atoms with Gasteiger partial charge in [-0.1, -0.05) is 55.4 Å². The third-order valence-corrected chi connectivity index (χ3v) is 17.4. The Labute approximate surface area is 174 Å². The van der Waals surface area contributed by atoms with Gasteiger partial charge in [-0.2, -0.15) is 0 Å². The summed E-state index contributed by atoms with van der Waals surface area (Å²) in [5.74, 6) is 0.759. The Hall–Kier alpha value is 0.234. The van der Waals surface area contributed by atoms with Gasteiger partial charge in [-0.05, 0) is 35.5 Å². The van der Waals surface area contributed by atoms with E-state index < -0.39 is 17.1 Å². The lowest BCUT2D eigenvalue weighted by Gasteiger charge is -2.52. The molecule has 1 saturated carbocycles. The van der Waals surface area contributed by atoms with Crippen molar-refractivity contribution in [1.82, 2.24) is 0 Å². The lowest BCUT2D eigenvalue weighted by atomic mass is 10.1. The van der Waals surface area contributed by atoms with E-state index in [1.807, 2.05) is 6.92 Å². The van der Waals surface area contributed by atoms with Crippen molar-refractivity contribution in [3.8, 4) is 0 Å². The van der Waals surface area contributed by atoms with Gasteiger partial charge < -0.3 is 22.4 Å². The van der Waals surface area contributed by atoms with Crippen LogP contribution in [0.5, 0.6) is 0 Å². The molecule has 1 aliphatic carbocycles. The molecule has 0 aromatic rings. The van der Waals surface area contributed by atoms with Crippen LogP contribution in [0, 0.1) is 11.8 Å². The highest BCUT2D eigenvalue weighted by atomic mass is 28.5. The average Bonchev–Trinajstić information content (AvgIpc) is 2.90. The summed E-state index contributed by atoms with van der Waals surface area (Å²) in [7, 11) is -4.99. The maximum absolute atomic E-state index is 7.27. The van der Waals surface area contributed by atoms with Crippen molar-refractivity contribution in [2.45, 2.75) is 109 Å². The molecular weight excluding hydrogens is 388 g/mol. The zero-order valence-corrected chi connectivity index (χ0v) is 21.4. The van der Waals surface area contributed by atoms with Crippen LogP contribution < -0.4 is 0 Å². The second-order valence-corrected chi connectivity index (χ2v) is 19.2. The lowest BCUT2D eigenvalue weighted by Crippen LogP contribution is -2.65. The van der Waals surface area contributed by atoms with E-state index in [-0.39, 0.29) is 18.5 Å². The van der Waals surface area contributed by atoms with Crippen molar-refractivity contribution < 1.29 is 22.4 Å². The summed E-state index contributed by atoms with van der Waals surface area (Å²) in [5.41, 5.74) is 1.49. The van der Waals surface area contributed by atoms with Gasteiger partial charge in [0.15, 0.2) is 6.29 Å². The van der Waals surface area contributed by atoms with Gasteiger partial charge in [-0.3, -0.25) is 0 Å². The third kappa shape index (κ3) is 3.81. The highest BCUT2D eigenvalue weighted by molar-refractivity contribution is 6.83. The Balaban J connectivity index is 2.03. The van der Waals surface area contributed by atoms with Crippen molar-refractivity contribution in [3.63, 3.8) is 0 Å². The average molecular weight is 431 g/mol. The summed E-state index contributed by atoms with van der Waals surface area (Å²) in [4.78, 5) is 0. The number of hydrogen-bond acceptors (Lipinski definition) is 5. The molecule has 0 amide bonds. The van der Waals surface area contributed by atoms with Crippen molar-refractivity contribution >= 4 is 17.1 Å². The van der Waals surface area contributed by atoms with E-state index >= 15 is 0 Å². The fourth-order valence-electron chi connectivity index (χ4n) is 5.55. The van der Waals surface area contributed by atoms with E-state index in [9.17, 15) is 0 Å². The van der Waals surface area contributed by atoms with E-state index in [2.05, 4.69) is 55.4 Å². The number of hydrogen-bond donors (Lipinski definition) is 0. The maximum atomic E-state index is 7.27. The SMILES string of the molecule is CC(C)[Si]1(C(C)C)OC[C@H]2C[C@H]3CO[C@H](C)O[C@@H]3[C@@H]2O[Si](C(C)C)(C(C)C)O1. The molecule has 5 atom stereocenters. The Morgan fingerprint density at radius 3 is 1.79 bits per heavy atom. The Kier molecular flexibility index (Phi) is 6.87. The predicted molar refractivity (Wildman–Crippen MR) is 116 cm³/mol. The number of ether oxygens (including phenoxy) is 2. The van der Waals surface area contributed by atoms with E-state index in [0.29, 0.717) is 34.0 Å². The van der Waals surface area contributed by atoms with E-state index in [1.165, 1.54) is 0 Å². The summed E-state index contributed by atoms with van der Waals surface area (Å²) >= 11 is 0. The lowest BCUT2D eigenvalue weighted by molar-refractivity contribution is -0.236. The molecule has 2 aliphatic heterocycles. The minimum absolute atomic E-state index is 0.0548. The van der Waals surface area contributed by atoms with Crippen molar-refractivity contribution in [1.29, 1.82) is 0 Å². The van der Waals surface area contributed by atoms with Gasteiger partial charge in [0.1, 0.15) is 0 Å². The Bertz CT molecular complexity index is 523. The quantitative estimate of drug-likeness (QED) is 0.563. The van der Waals surface area contributed by atoms with Crippen LogP contribution in [-0.2, 0) is 22.4 Å². The summed E-state index contributed by atoms with van der Waals surface area (Å²) < 4.78 is 33.4. The molecular formula is C21H42O5Si2. The highest BCUT2D eigenvalue weighted by Gasteiger charge is 2.61. The summed E-state index contributed by atoms with van der Waals surface area (Å²) in [6.07, 6.45) is 1.05.